The van der Waals surface area contributed by atoms with Crippen LogP contribution < -0.4 is 0 Å². The molecule has 1 aromatic carbocycles. The molecule has 0 saturated carbocycles. The number of hydrogen-bond acceptors (Lipinski definition) is 4. The van der Waals surface area contributed by atoms with Gasteiger partial charge in [-0.15, -0.1) is 0 Å². The van der Waals surface area contributed by atoms with Gasteiger partial charge >= 0.3 is 12.1 Å². The lowest BCUT2D eigenvalue weighted by Crippen LogP contribution is -2.04. The lowest BCUT2D eigenvalue weighted by molar-refractivity contribution is -0.159. The molecule has 18 heavy (non-hydrogen) atoms. The minimum absolute atomic E-state index is 0.0951. The van der Waals surface area contributed by atoms with E-state index in [-0.39, 0.29) is 5.82 Å². The number of aliphatic imine (C=N–C) groups is 1. The van der Waals surface area contributed by atoms with Crippen molar-refractivity contribution in [2.75, 3.05) is 7.05 Å². The lowest BCUT2D eigenvalue weighted by Gasteiger charge is -1.97. The van der Waals surface area contributed by atoms with Gasteiger partial charge in [0.15, 0.2) is 0 Å². The molecule has 0 radical (unpaired) electrons. The molecule has 7 heteroatoms. The molecule has 0 spiro atoms. The summed E-state index contributed by atoms with van der Waals surface area (Å²) >= 11 is 0. The number of rotatable bonds is 2. The molecule has 1 heterocycles. The molecule has 0 aliphatic heterocycles. The minimum Gasteiger partial charge on any atom is -0.329 e. The lowest BCUT2D eigenvalue weighted by atomic mass is 10.1. The molecule has 2 aromatic rings. The molecule has 1 aromatic heterocycles. The van der Waals surface area contributed by atoms with E-state index < -0.39 is 12.1 Å². The smallest absolute Gasteiger partial charge is 0.329 e. The third-order valence-corrected chi connectivity index (χ3v) is 2.12. The summed E-state index contributed by atoms with van der Waals surface area (Å²) in [7, 11) is 1.63. The van der Waals surface area contributed by atoms with Crippen LogP contribution in [0.3, 0.4) is 0 Å². The fraction of sp³-hybridized carbons (Fsp3) is 0.182. The van der Waals surface area contributed by atoms with Crippen LogP contribution in [0.5, 0.6) is 0 Å². The Morgan fingerprint density at radius 2 is 1.89 bits per heavy atom. The summed E-state index contributed by atoms with van der Waals surface area (Å²) < 4.78 is 41.0. The van der Waals surface area contributed by atoms with E-state index in [0.717, 1.165) is 5.56 Å². The molecule has 0 aliphatic rings. The third-order valence-electron chi connectivity index (χ3n) is 2.12. The van der Waals surface area contributed by atoms with Crippen LogP contribution in [0.15, 0.2) is 33.8 Å². The van der Waals surface area contributed by atoms with Gasteiger partial charge in [-0.3, -0.25) is 4.99 Å². The Balaban J connectivity index is 2.29. The Kier molecular flexibility index (Phi) is 3.14. The number of benzene rings is 1. The Morgan fingerprint density at radius 1 is 1.22 bits per heavy atom. The highest BCUT2D eigenvalue weighted by atomic mass is 19.4. The predicted molar refractivity (Wildman–Crippen MR) is 58.3 cm³/mol. The second-order valence-electron chi connectivity index (χ2n) is 3.43. The molecule has 2 rings (SSSR count). The van der Waals surface area contributed by atoms with Crippen LogP contribution in [-0.2, 0) is 6.18 Å². The molecule has 94 valence electrons. The maximum absolute atomic E-state index is 12.3. The van der Waals surface area contributed by atoms with Gasteiger partial charge in [-0.05, 0) is 5.56 Å². The van der Waals surface area contributed by atoms with Crippen molar-refractivity contribution < 1.29 is 17.7 Å². The molecule has 4 nitrogen and oxygen atoms in total. The zero-order valence-electron chi connectivity index (χ0n) is 9.27. The van der Waals surface area contributed by atoms with Gasteiger partial charge in [0, 0.05) is 18.8 Å². The maximum atomic E-state index is 12.3. The summed E-state index contributed by atoms with van der Waals surface area (Å²) in [6, 6.07) is 6.60. The second-order valence-corrected chi connectivity index (χ2v) is 3.43. The number of halogens is 3. The van der Waals surface area contributed by atoms with Crippen molar-refractivity contribution in [2.24, 2.45) is 4.99 Å². The first-order valence-corrected chi connectivity index (χ1v) is 4.94. The summed E-state index contributed by atoms with van der Waals surface area (Å²) in [6.07, 6.45) is -3.00. The maximum Gasteiger partial charge on any atom is 0.471 e. The fourth-order valence-corrected chi connectivity index (χ4v) is 1.32. The Bertz CT molecular complexity index is 558. The Hall–Kier alpha value is -2.18. The van der Waals surface area contributed by atoms with Gasteiger partial charge in [0.25, 0.3) is 0 Å². The van der Waals surface area contributed by atoms with Crippen LogP contribution in [0.25, 0.3) is 11.4 Å². The first-order valence-electron chi connectivity index (χ1n) is 4.94. The van der Waals surface area contributed by atoms with Crippen LogP contribution in [-0.4, -0.2) is 23.4 Å². The monoisotopic (exact) mass is 255 g/mol. The van der Waals surface area contributed by atoms with Crippen molar-refractivity contribution in [3.63, 3.8) is 0 Å². The van der Waals surface area contributed by atoms with Crippen LogP contribution in [0.4, 0.5) is 13.2 Å². The van der Waals surface area contributed by atoms with E-state index >= 15 is 0 Å². The molecule has 0 fully saturated rings. The van der Waals surface area contributed by atoms with Crippen molar-refractivity contribution >= 4 is 6.21 Å². The van der Waals surface area contributed by atoms with Crippen LogP contribution in [0, 0.1) is 0 Å². The summed E-state index contributed by atoms with van der Waals surface area (Å²) in [4.78, 5) is 7.11. The van der Waals surface area contributed by atoms with E-state index in [1.54, 1.807) is 37.5 Å². The standard InChI is InChI=1S/C11H8F3N3O/c1-15-6-7-2-4-8(5-3-7)9-16-10(18-17-9)11(12,13)14/h2-6H,1H3. The van der Waals surface area contributed by atoms with Gasteiger partial charge in [0.1, 0.15) is 0 Å². The second kappa shape index (κ2) is 4.59. The first-order chi connectivity index (χ1) is 8.50. The van der Waals surface area contributed by atoms with Crippen LogP contribution >= 0.6 is 0 Å². The van der Waals surface area contributed by atoms with Gasteiger partial charge < -0.3 is 4.52 Å². The van der Waals surface area contributed by atoms with Gasteiger partial charge in [-0.1, -0.05) is 29.4 Å². The third kappa shape index (κ3) is 2.55. The number of alkyl halides is 3. The van der Waals surface area contributed by atoms with Crippen molar-refractivity contribution in [2.45, 2.75) is 6.18 Å². The summed E-state index contributed by atoms with van der Waals surface area (Å²) in [5, 5.41) is 3.29. The quantitative estimate of drug-likeness (QED) is 0.775. The largest absolute Gasteiger partial charge is 0.471 e. The first kappa shape index (κ1) is 12.3. The predicted octanol–water partition coefficient (Wildman–Crippen LogP) is 2.80. The number of aromatic nitrogens is 2. The average Bonchev–Trinajstić information content (AvgIpc) is 2.79. The van der Waals surface area contributed by atoms with E-state index in [9.17, 15) is 13.2 Å². The summed E-state index contributed by atoms with van der Waals surface area (Å²) in [5.41, 5.74) is 1.28. The summed E-state index contributed by atoms with van der Waals surface area (Å²) in [5.74, 6) is -1.45. The Morgan fingerprint density at radius 3 is 2.39 bits per heavy atom. The molecular formula is C11H8F3N3O. The average molecular weight is 255 g/mol. The molecule has 0 saturated heterocycles. The normalized spacial score (nSPS) is 12.2. The highest BCUT2D eigenvalue weighted by Crippen LogP contribution is 2.29. The Labute approximate surface area is 100 Å². The molecule has 0 bridgehead atoms. The van der Waals surface area contributed by atoms with E-state index in [0.29, 0.717) is 5.56 Å². The van der Waals surface area contributed by atoms with E-state index in [1.807, 2.05) is 0 Å². The van der Waals surface area contributed by atoms with Gasteiger partial charge in [0.05, 0.1) is 0 Å². The fourth-order valence-electron chi connectivity index (χ4n) is 1.32. The van der Waals surface area contributed by atoms with Crippen molar-refractivity contribution in [3.8, 4) is 11.4 Å². The molecule has 0 aliphatic carbocycles. The SMILES string of the molecule is CN=Cc1ccc(-c2noc(C(F)(F)F)n2)cc1. The van der Waals surface area contributed by atoms with Gasteiger partial charge in [-0.25, -0.2) is 0 Å². The van der Waals surface area contributed by atoms with E-state index in [1.165, 1.54) is 0 Å². The van der Waals surface area contributed by atoms with Gasteiger partial charge in [0.2, 0.25) is 5.82 Å². The molecule has 0 amide bonds. The number of nitrogens with zero attached hydrogens (tertiary/aromatic N) is 3. The number of hydrogen-bond donors (Lipinski definition) is 0. The minimum atomic E-state index is -4.62. The zero-order chi connectivity index (χ0) is 13.2. The molecular weight excluding hydrogens is 247 g/mol. The topological polar surface area (TPSA) is 51.3 Å². The van der Waals surface area contributed by atoms with Gasteiger partial charge in [-0.2, -0.15) is 18.2 Å². The molecule has 0 unspecified atom stereocenters. The highest BCUT2D eigenvalue weighted by molar-refractivity contribution is 5.80. The highest BCUT2D eigenvalue weighted by Gasteiger charge is 2.38. The van der Waals surface area contributed by atoms with Crippen molar-refractivity contribution in [1.29, 1.82) is 0 Å². The van der Waals surface area contributed by atoms with Crippen molar-refractivity contribution in [3.05, 3.63) is 35.7 Å². The van der Waals surface area contributed by atoms with Crippen molar-refractivity contribution in [1.82, 2.24) is 10.1 Å². The van der Waals surface area contributed by atoms with Crippen LogP contribution in [0.1, 0.15) is 11.5 Å². The van der Waals surface area contributed by atoms with Crippen LogP contribution in [0.2, 0.25) is 0 Å². The summed E-state index contributed by atoms with van der Waals surface area (Å²) in [6.45, 7) is 0. The zero-order valence-corrected chi connectivity index (χ0v) is 9.27. The van der Waals surface area contributed by atoms with E-state index in [2.05, 4.69) is 19.7 Å². The van der Waals surface area contributed by atoms with E-state index in [4.69, 9.17) is 0 Å². The molecule has 0 N–H and O–H groups in total. The molecule has 0 atom stereocenters.